The number of hydrogen-bond acceptors (Lipinski definition) is 2. The third kappa shape index (κ3) is 2.37. The first-order chi connectivity index (χ1) is 7.72. The number of likely N-dealkylation sites (tertiary alicyclic amines) is 1. The van der Waals surface area contributed by atoms with Gasteiger partial charge in [0.15, 0.2) is 0 Å². The van der Waals surface area contributed by atoms with Crippen molar-refractivity contribution in [3.8, 4) is 0 Å². The Hall–Kier alpha value is -0.630. The van der Waals surface area contributed by atoms with E-state index >= 15 is 0 Å². The molecule has 0 spiro atoms. The minimum Gasteiger partial charge on any atom is -0.299 e. The molecule has 1 saturated carbocycles. The molecule has 0 bridgehead atoms. The maximum absolute atomic E-state index is 11.8. The second-order valence-corrected chi connectivity index (χ2v) is 5.25. The number of hydrogen-bond donors (Lipinski definition) is 0. The lowest BCUT2D eigenvalue weighted by atomic mass is 9.95. The van der Waals surface area contributed by atoms with Crippen LogP contribution < -0.4 is 0 Å². The summed E-state index contributed by atoms with van der Waals surface area (Å²) in [7, 11) is 0. The first-order valence-corrected chi connectivity index (χ1v) is 6.65. The molecule has 0 aromatic rings. The van der Waals surface area contributed by atoms with Crippen LogP contribution in [0.4, 0.5) is 0 Å². The van der Waals surface area contributed by atoms with Gasteiger partial charge in [0.05, 0.1) is 0 Å². The average molecular weight is 221 g/mol. The molecule has 1 aliphatic heterocycles. The van der Waals surface area contributed by atoms with Crippen molar-refractivity contribution in [1.82, 2.24) is 4.90 Å². The van der Waals surface area contributed by atoms with Crippen molar-refractivity contribution in [1.29, 1.82) is 0 Å². The zero-order valence-electron chi connectivity index (χ0n) is 10.4. The summed E-state index contributed by atoms with van der Waals surface area (Å²) in [6.07, 6.45) is 6.59. The molecule has 2 heteroatoms. The highest BCUT2D eigenvalue weighted by Gasteiger charge is 2.37. The first-order valence-electron chi connectivity index (χ1n) is 6.65. The lowest BCUT2D eigenvalue weighted by Crippen LogP contribution is -2.38. The van der Waals surface area contributed by atoms with E-state index in [2.05, 4.69) is 18.4 Å². The smallest absolute Gasteiger partial charge is 0.137 e. The summed E-state index contributed by atoms with van der Waals surface area (Å²) in [5, 5.41) is 0. The van der Waals surface area contributed by atoms with Gasteiger partial charge in [-0.2, -0.15) is 0 Å². The van der Waals surface area contributed by atoms with Gasteiger partial charge in [-0.3, -0.25) is 9.69 Å². The maximum Gasteiger partial charge on any atom is 0.137 e. The van der Waals surface area contributed by atoms with Gasteiger partial charge in [-0.25, -0.2) is 0 Å². The zero-order chi connectivity index (χ0) is 11.5. The molecule has 2 aliphatic rings. The van der Waals surface area contributed by atoms with E-state index in [-0.39, 0.29) is 0 Å². The minimum atomic E-state index is 0.340. The first kappa shape index (κ1) is 11.8. The average Bonchev–Trinajstić information content (AvgIpc) is 2.86. The van der Waals surface area contributed by atoms with Gasteiger partial charge >= 0.3 is 0 Å². The van der Waals surface area contributed by atoms with Crippen LogP contribution in [0.1, 0.15) is 45.4 Å². The fraction of sp³-hybridized carbons (Fsp3) is 0.786. The fourth-order valence-electron chi connectivity index (χ4n) is 3.15. The number of nitrogens with zero attached hydrogens (tertiary/aromatic N) is 1. The van der Waals surface area contributed by atoms with E-state index in [0.717, 1.165) is 38.8 Å². The third-order valence-electron chi connectivity index (χ3n) is 4.16. The predicted molar refractivity (Wildman–Crippen MR) is 66.4 cm³/mol. The van der Waals surface area contributed by atoms with Crippen molar-refractivity contribution in [2.45, 2.75) is 51.5 Å². The van der Waals surface area contributed by atoms with Crippen molar-refractivity contribution >= 4 is 5.78 Å². The molecular weight excluding hydrogens is 198 g/mol. The monoisotopic (exact) mass is 221 g/mol. The van der Waals surface area contributed by atoms with Gasteiger partial charge in [0.25, 0.3) is 0 Å². The maximum atomic E-state index is 11.8. The lowest BCUT2D eigenvalue weighted by molar-refractivity contribution is -0.122. The standard InChI is InChI=1S/C14H23NO/c1-3-11(2)10-15-9-5-7-13(15)12-6-4-8-14(12)16/h12-13H,2-10H2,1H3. The molecular formula is C14H23NO. The van der Waals surface area contributed by atoms with Gasteiger partial charge in [0.2, 0.25) is 0 Å². The Kier molecular flexibility index (Phi) is 3.80. The Morgan fingerprint density at radius 2 is 2.25 bits per heavy atom. The van der Waals surface area contributed by atoms with E-state index in [1.807, 2.05) is 0 Å². The Balaban J connectivity index is 1.97. The van der Waals surface area contributed by atoms with E-state index in [0.29, 0.717) is 17.7 Å². The molecule has 0 amide bonds. The van der Waals surface area contributed by atoms with Gasteiger partial charge in [0.1, 0.15) is 5.78 Å². The highest BCUT2D eigenvalue weighted by atomic mass is 16.1. The molecule has 16 heavy (non-hydrogen) atoms. The zero-order valence-corrected chi connectivity index (χ0v) is 10.4. The van der Waals surface area contributed by atoms with E-state index in [1.54, 1.807) is 0 Å². The Bertz CT molecular complexity index is 284. The Morgan fingerprint density at radius 3 is 2.88 bits per heavy atom. The van der Waals surface area contributed by atoms with Crippen LogP contribution in [0.25, 0.3) is 0 Å². The molecule has 2 nitrogen and oxygen atoms in total. The van der Waals surface area contributed by atoms with E-state index in [1.165, 1.54) is 18.4 Å². The van der Waals surface area contributed by atoms with Crippen LogP contribution >= 0.6 is 0 Å². The van der Waals surface area contributed by atoms with Crippen LogP contribution in [0.15, 0.2) is 12.2 Å². The van der Waals surface area contributed by atoms with Gasteiger partial charge in [0, 0.05) is 24.9 Å². The van der Waals surface area contributed by atoms with Crippen molar-refractivity contribution < 1.29 is 4.79 Å². The molecule has 2 fully saturated rings. The lowest BCUT2D eigenvalue weighted by Gasteiger charge is -2.29. The van der Waals surface area contributed by atoms with Crippen molar-refractivity contribution in [3.05, 3.63) is 12.2 Å². The number of Topliss-reactive ketones (excluding diaryl/α,β-unsaturated/α-hetero) is 1. The Labute approximate surface area is 98.7 Å². The highest BCUT2D eigenvalue weighted by molar-refractivity contribution is 5.83. The van der Waals surface area contributed by atoms with Crippen LogP contribution in [0, 0.1) is 5.92 Å². The highest BCUT2D eigenvalue weighted by Crippen LogP contribution is 2.33. The summed E-state index contributed by atoms with van der Waals surface area (Å²) in [5.41, 5.74) is 1.30. The fourth-order valence-corrected chi connectivity index (χ4v) is 3.15. The summed E-state index contributed by atoms with van der Waals surface area (Å²) in [5.74, 6) is 0.853. The summed E-state index contributed by atoms with van der Waals surface area (Å²) >= 11 is 0. The summed E-state index contributed by atoms with van der Waals surface area (Å²) in [4.78, 5) is 14.3. The quantitative estimate of drug-likeness (QED) is 0.680. The van der Waals surface area contributed by atoms with Crippen LogP contribution in [0.5, 0.6) is 0 Å². The summed E-state index contributed by atoms with van der Waals surface area (Å²) in [6, 6.07) is 0.526. The van der Waals surface area contributed by atoms with Crippen molar-refractivity contribution in [2.75, 3.05) is 13.1 Å². The molecule has 1 aliphatic carbocycles. The second-order valence-electron chi connectivity index (χ2n) is 5.25. The van der Waals surface area contributed by atoms with E-state index < -0.39 is 0 Å². The molecule has 90 valence electrons. The number of rotatable bonds is 4. The second kappa shape index (κ2) is 5.13. The van der Waals surface area contributed by atoms with Gasteiger partial charge < -0.3 is 0 Å². The molecule has 0 N–H and O–H groups in total. The van der Waals surface area contributed by atoms with Crippen molar-refractivity contribution in [2.24, 2.45) is 5.92 Å². The number of carbonyl (C=O) groups is 1. The molecule has 1 heterocycles. The molecule has 1 saturated heterocycles. The summed E-state index contributed by atoms with van der Waals surface area (Å²) < 4.78 is 0. The van der Waals surface area contributed by atoms with Crippen LogP contribution in [-0.2, 0) is 4.79 Å². The third-order valence-corrected chi connectivity index (χ3v) is 4.16. The Morgan fingerprint density at radius 1 is 1.44 bits per heavy atom. The summed E-state index contributed by atoms with van der Waals surface area (Å²) in [6.45, 7) is 8.42. The molecule has 0 aromatic carbocycles. The van der Waals surface area contributed by atoms with Crippen LogP contribution in [-0.4, -0.2) is 29.8 Å². The normalized spacial score (nSPS) is 31.2. The van der Waals surface area contributed by atoms with E-state index in [4.69, 9.17) is 0 Å². The minimum absolute atomic E-state index is 0.340. The van der Waals surface area contributed by atoms with Gasteiger partial charge in [-0.05, 0) is 38.6 Å². The predicted octanol–water partition coefficient (Wildman–Crippen LogP) is 2.79. The molecule has 2 atom stereocenters. The van der Waals surface area contributed by atoms with Crippen LogP contribution in [0.3, 0.4) is 0 Å². The van der Waals surface area contributed by atoms with Crippen LogP contribution in [0.2, 0.25) is 0 Å². The largest absolute Gasteiger partial charge is 0.299 e. The van der Waals surface area contributed by atoms with Crippen molar-refractivity contribution in [3.63, 3.8) is 0 Å². The number of ketones is 1. The van der Waals surface area contributed by atoms with Gasteiger partial charge in [-0.1, -0.05) is 19.1 Å². The topological polar surface area (TPSA) is 20.3 Å². The molecule has 2 unspecified atom stereocenters. The molecule has 0 radical (unpaired) electrons. The SMILES string of the molecule is C=C(CC)CN1CCCC1C1CCCC1=O. The van der Waals surface area contributed by atoms with E-state index in [9.17, 15) is 4.79 Å². The number of carbonyl (C=O) groups excluding carboxylic acids is 1. The molecule has 2 rings (SSSR count). The molecule has 0 aromatic heterocycles. The van der Waals surface area contributed by atoms with Gasteiger partial charge in [-0.15, -0.1) is 0 Å².